The van der Waals surface area contributed by atoms with Gasteiger partial charge < -0.3 is 15.3 Å². The van der Waals surface area contributed by atoms with E-state index >= 15 is 0 Å². The van der Waals surface area contributed by atoms with Crippen LogP contribution in [0, 0.1) is 10.1 Å². The number of carbonyl (C=O) groups is 2. The van der Waals surface area contributed by atoms with E-state index in [-0.39, 0.29) is 24.1 Å². The zero-order chi connectivity index (χ0) is 19.4. The topological polar surface area (TPSA) is 113 Å². The Morgan fingerprint density at radius 1 is 1.22 bits per heavy atom. The smallest absolute Gasteiger partial charge is 0.303 e. The fourth-order valence-electron chi connectivity index (χ4n) is 3.67. The Balaban J connectivity index is 1.79. The van der Waals surface area contributed by atoms with Crippen LogP contribution in [-0.2, 0) is 9.59 Å². The molecule has 8 nitrogen and oxygen atoms in total. The fraction of sp³-hybridized carbons (Fsp3) is 0.474. The molecule has 0 atom stereocenters. The molecule has 0 bridgehead atoms. The summed E-state index contributed by atoms with van der Waals surface area (Å²) >= 11 is 0. The van der Waals surface area contributed by atoms with Crippen molar-refractivity contribution < 1.29 is 19.6 Å². The van der Waals surface area contributed by atoms with Gasteiger partial charge in [-0.3, -0.25) is 19.7 Å². The molecule has 1 aliphatic carbocycles. The summed E-state index contributed by atoms with van der Waals surface area (Å²) in [6.07, 6.45) is 5.71. The highest BCUT2D eigenvalue weighted by molar-refractivity contribution is 6.09. The summed E-state index contributed by atoms with van der Waals surface area (Å²) in [5.74, 6) is -1.10. The number of nitrogens with one attached hydrogen (secondary N) is 1. The highest BCUT2D eigenvalue weighted by atomic mass is 16.6. The number of aliphatic carboxylic acids is 1. The number of nitro benzene ring substituents is 1. The van der Waals surface area contributed by atoms with Crippen molar-refractivity contribution in [1.29, 1.82) is 0 Å². The number of anilines is 1. The van der Waals surface area contributed by atoms with Crippen LogP contribution >= 0.6 is 0 Å². The molecule has 0 saturated heterocycles. The maximum absolute atomic E-state index is 13.0. The van der Waals surface area contributed by atoms with Gasteiger partial charge in [0, 0.05) is 36.8 Å². The minimum Gasteiger partial charge on any atom is -0.481 e. The molecule has 1 aromatic carbocycles. The van der Waals surface area contributed by atoms with E-state index in [1.807, 2.05) is 0 Å². The lowest BCUT2D eigenvalue weighted by Crippen LogP contribution is -2.36. The number of carbonyl (C=O) groups excluding carboxylic acids is 1. The van der Waals surface area contributed by atoms with Crippen LogP contribution in [0.15, 0.2) is 35.5 Å². The number of hydrogen-bond donors (Lipinski definition) is 2. The van der Waals surface area contributed by atoms with Crippen LogP contribution in [0.5, 0.6) is 0 Å². The zero-order valence-electron chi connectivity index (χ0n) is 15.0. The molecule has 1 heterocycles. The van der Waals surface area contributed by atoms with Crippen molar-refractivity contribution in [2.75, 3.05) is 11.4 Å². The third-order valence-corrected chi connectivity index (χ3v) is 5.13. The van der Waals surface area contributed by atoms with Gasteiger partial charge in [-0.15, -0.1) is 0 Å². The average Bonchev–Trinajstić information content (AvgIpc) is 2.97. The van der Waals surface area contributed by atoms with E-state index in [0.29, 0.717) is 24.4 Å². The standard InChI is InChI=1S/C19H23N3O5/c23-17(24)11-6-13-12-21(15-7-9-16(10-8-15)22(26)27)19(25)18(13)20-14-4-2-1-3-5-14/h7-10,14,20H,1-6,11-12H2,(H,23,24). The van der Waals surface area contributed by atoms with Crippen molar-refractivity contribution in [3.8, 4) is 0 Å². The molecule has 2 N–H and O–H groups in total. The molecular formula is C19H23N3O5. The number of carboxylic acid groups (broad SMARTS) is 1. The van der Waals surface area contributed by atoms with Crippen LogP contribution in [-0.4, -0.2) is 34.5 Å². The summed E-state index contributed by atoms with van der Waals surface area (Å²) in [5.41, 5.74) is 1.82. The third-order valence-electron chi connectivity index (χ3n) is 5.13. The number of nitro groups is 1. The first-order valence-electron chi connectivity index (χ1n) is 9.22. The maximum Gasteiger partial charge on any atom is 0.303 e. The van der Waals surface area contributed by atoms with Crippen molar-refractivity contribution in [2.24, 2.45) is 0 Å². The first-order chi connectivity index (χ1) is 13.0. The van der Waals surface area contributed by atoms with Crippen molar-refractivity contribution in [3.05, 3.63) is 45.6 Å². The summed E-state index contributed by atoms with van der Waals surface area (Å²) < 4.78 is 0. The molecule has 27 heavy (non-hydrogen) atoms. The Bertz CT molecular complexity index is 766. The van der Waals surface area contributed by atoms with Gasteiger partial charge >= 0.3 is 5.97 Å². The van der Waals surface area contributed by atoms with E-state index < -0.39 is 10.9 Å². The lowest BCUT2D eigenvalue weighted by Gasteiger charge is -2.25. The van der Waals surface area contributed by atoms with Crippen molar-refractivity contribution in [1.82, 2.24) is 5.32 Å². The van der Waals surface area contributed by atoms with Crippen molar-refractivity contribution >= 4 is 23.3 Å². The van der Waals surface area contributed by atoms with E-state index in [2.05, 4.69) is 5.32 Å². The Hall–Kier alpha value is -2.90. The molecule has 0 radical (unpaired) electrons. The van der Waals surface area contributed by atoms with Crippen LogP contribution in [0.25, 0.3) is 0 Å². The number of non-ortho nitro benzene ring substituents is 1. The lowest BCUT2D eigenvalue weighted by atomic mass is 9.95. The Labute approximate surface area is 157 Å². The van der Waals surface area contributed by atoms with Gasteiger partial charge in [0.25, 0.3) is 11.6 Å². The molecule has 0 aromatic heterocycles. The molecule has 1 aromatic rings. The fourth-order valence-corrected chi connectivity index (χ4v) is 3.67. The molecule has 1 saturated carbocycles. The zero-order valence-corrected chi connectivity index (χ0v) is 15.0. The lowest BCUT2D eigenvalue weighted by molar-refractivity contribution is -0.384. The van der Waals surface area contributed by atoms with Gasteiger partial charge in [-0.25, -0.2) is 0 Å². The normalized spacial score (nSPS) is 18.1. The van der Waals surface area contributed by atoms with E-state index in [1.165, 1.54) is 18.6 Å². The van der Waals surface area contributed by atoms with Crippen LogP contribution < -0.4 is 10.2 Å². The molecule has 1 fully saturated rings. The predicted molar refractivity (Wildman–Crippen MR) is 99.4 cm³/mol. The first-order valence-corrected chi connectivity index (χ1v) is 9.22. The van der Waals surface area contributed by atoms with E-state index in [1.54, 1.807) is 17.0 Å². The number of benzene rings is 1. The largest absolute Gasteiger partial charge is 0.481 e. The number of nitrogens with zero attached hydrogens (tertiary/aromatic N) is 2. The molecule has 0 unspecified atom stereocenters. The monoisotopic (exact) mass is 373 g/mol. The minimum atomic E-state index is -0.902. The van der Waals surface area contributed by atoms with E-state index in [4.69, 9.17) is 5.11 Å². The molecule has 144 valence electrons. The predicted octanol–water partition coefficient (Wildman–Crippen LogP) is 2.98. The number of amides is 1. The molecule has 8 heteroatoms. The summed E-state index contributed by atoms with van der Waals surface area (Å²) in [4.78, 5) is 35.8. The second-order valence-electron chi connectivity index (χ2n) is 7.02. The van der Waals surface area contributed by atoms with Gasteiger partial charge in [-0.2, -0.15) is 0 Å². The van der Waals surface area contributed by atoms with Gasteiger partial charge in [0.15, 0.2) is 0 Å². The Morgan fingerprint density at radius 3 is 2.48 bits per heavy atom. The van der Waals surface area contributed by atoms with Gasteiger partial charge in [0.05, 0.1) is 4.92 Å². The SMILES string of the molecule is O=C(O)CCC1=C(NC2CCCCC2)C(=O)N(c2ccc([N+](=O)[O-])cc2)C1. The highest BCUT2D eigenvalue weighted by Crippen LogP contribution is 2.30. The summed E-state index contributed by atoms with van der Waals surface area (Å²) in [7, 11) is 0. The van der Waals surface area contributed by atoms with Crippen LogP contribution in [0.4, 0.5) is 11.4 Å². The number of rotatable bonds is 7. The van der Waals surface area contributed by atoms with Crippen LogP contribution in [0.2, 0.25) is 0 Å². The molecule has 1 aliphatic heterocycles. The first kappa shape index (κ1) is 18.9. The van der Waals surface area contributed by atoms with Crippen LogP contribution in [0.3, 0.4) is 0 Å². The van der Waals surface area contributed by atoms with Gasteiger partial charge in [0.2, 0.25) is 0 Å². The van der Waals surface area contributed by atoms with Gasteiger partial charge in [-0.05, 0) is 37.0 Å². The molecule has 0 spiro atoms. The van der Waals surface area contributed by atoms with Gasteiger partial charge in [0.1, 0.15) is 5.70 Å². The minimum absolute atomic E-state index is 0.0352. The molecule has 3 rings (SSSR count). The average molecular weight is 373 g/mol. The second kappa shape index (κ2) is 8.20. The van der Waals surface area contributed by atoms with E-state index in [9.17, 15) is 19.7 Å². The second-order valence-corrected chi connectivity index (χ2v) is 7.02. The highest BCUT2D eigenvalue weighted by Gasteiger charge is 2.33. The van der Waals surface area contributed by atoms with Crippen molar-refractivity contribution in [2.45, 2.75) is 51.0 Å². The van der Waals surface area contributed by atoms with Crippen LogP contribution in [0.1, 0.15) is 44.9 Å². The maximum atomic E-state index is 13.0. The van der Waals surface area contributed by atoms with E-state index in [0.717, 1.165) is 31.3 Å². The number of hydrogen-bond acceptors (Lipinski definition) is 5. The molecule has 2 aliphatic rings. The summed E-state index contributed by atoms with van der Waals surface area (Å²) in [6, 6.07) is 6.07. The molecule has 1 amide bonds. The van der Waals surface area contributed by atoms with Crippen molar-refractivity contribution in [3.63, 3.8) is 0 Å². The quantitative estimate of drug-likeness (QED) is 0.561. The third kappa shape index (κ3) is 4.45. The summed E-state index contributed by atoms with van der Waals surface area (Å²) in [6.45, 7) is 0.305. The van der Waals surface area contributed by atoms with Gasteiger partial charge in [-0.1, -0.05) is 19.3 Å². The summed E-state index contributed by atoms with van der Waals surface area (Å²) in [5, 5.41) is 23.2. The number of carboxylic acids is 1. The molecular weight excluding hydrogens is 350 g/mol. The Kier molecular flexibility index (Phi) is 5.73. The Morgan fingerprint density at radius 2 is 1.89 bits per heavy atom.